The minimum absolute atomic E-state index is 0.0311. The maximum absolute atomic E-state index is 13.4. The van der Waals surface area contributed by atoms with Crippen LogP contribution in [0.1, 0.15) is 23.7 Å². The van der Waals surface area contributed by atoms with Gasteiger partial charge in [0.15, 0.2) is 0 Å². The Bertz CT molecular complexity index is 1270. The third kappa shape index (κ3) is 5.61. The summed E-state index contributed by atoms with van der Waals surface area (Å²) in [5.74, 6) is -0.710. The molecule has 0 bridgehead atoms. The predicted octanol–water partition coefficient (Wildman–Crippen LogP) is 3.81. The van der Waals surface area contributed by atoms with Crippen LogP contribution >= 0.6 is 23.8 Å². The highest BCUT2D eigenvalue weighted by Crippen LogP contribution is 2.28. The molecule has 2 aromatic carbocycles. The first-order valence-corrected chi connectivity index (χ1v) is 11.8. The van der Waals surface area contributed by atoms with Crippen molar-refractivity contribution in [3.8, 4) is 5.75 Å². The molecule has 0 aliphatic carbocycles. The predicted molar refractivity (Wildman–Crippen MR) is 140 cm³/mol. The van der Waals surface area contributed by atoms with Crippen molar-refractivity contribution in [2.24, 2.45) is 0 Å². The number of hydrogen-bond acceptors (Lipinski definition) is 6. The van der Waals surface area contributed by atoms with Gasteiger partial charge in [0.2, 0.25) is 11.0 Å². The van der Waals surface area contributed by atoms with Crippen LogP contribution in [0, 0.1) is 0 Å². The Morgan fingerprint density at radius 1 is 1.06 bits per heavy atom. The first-order valence-electron chi connectivity index (χ1n) is 11.0. The number of rotatable bonds is 8. The van der Waals surface area contributed by atoms with Gasteiger partial charge in [0.1, 0.15) is 11.8 Å². The molecule has 1 atom stereocenters. The number of thiocarbonyl (C=S) groups is 1. The summed E-state index contributed by atoms with van der Waals surface area (Å²) in [4.78, 5) is 44.4. The lowest BCUT2D eigenvalue weighted by atomic mass is 10.1. The van der Waals surface area contributed by atoms with Crippen molar-refractivity contribution >= 4 is 58.0 Å². The van der Waals surface area contributed by atoms with Gasteiger partial charge in [-0.2, -0.15) is 0 Å². The number of nitrogens with one attached hydrogen (secondary N) is 2. The average molecular weight is 524 g/mol. The maximum atomic E-state index is 13.4. The quantitative estimate of drug-likeness (QED) is 0.433. The highest BCUT2D eigenvalue weighted by atomic mass is 35.5. The van der Waals surface area contributed by atoms with E-state index in [1.807, 2.05) is 6.92 Å². The van der Waals surface area contributed by atoms with Crippen LogP contribution in [0.2, 0.25) is 5.02 Å². The van der Waals surface area contributed by atoms with Crippen LogP contribution in [0.4, 0.5) is 11.4 Å². The second-order valence-corrected chi connectivity index (χ2v) is 8.51. The molecule has 36 heavy (non-hydrogen) atoms. The summed E-state index contributed by atoms with van der Waals surface area (Å²) < 4.78 is 5.41. The number of ether oxygens (including phenoxy) is 1. The van der Waals surface area contributed by atoms with Crippen LogP contribution < -0.4 is 20.4 Å². The van der Waals surface area contributed by atoms with E-state index in [2.05, 4.69) is 15.7 Å². The van der Waals surface area contributed by atoms with Crippen molar-refractivity contribution in [3.63, 3.8) is 0 Å². The van der Waals surface area contributed by atoms with Gasteiger partial charge < -0.3 is 10.1 Å². The average Bonchev–Trinajstić information content (AvgIpc) is 3.10. The van der Waals surface area contributed by atoms with Gasteiger partial charge in [-0.25, -0.2) is 5.01 Å². The fourth-order valence-corrected chi connectivity index (χ4v) is 4.09. The topological polar surface area (TPSA) is 104 Å². The van der Waals surface area contributed by atoms with E-state index in [1.165, 1.54) is 34.4 Å². The molecule has 0 saturated carbocycles. The molecule has 2 heterocycles. The molecule has 11 heteroatoms. The molecule has 3 aromatic rings. The zero-order valence-corrected chi connectivity index (χ0v) is 20.8. The van der Waals surface area contributed by atoms with Crippen molar-refractivity contribution in [1.29, 1.82) is 0 Å². The van der Waals surface area contributed by atoms with E-state index in [9.17, 15) is 14.4 Å². The second-order valence-electron chi connectivity index (χ2n) is 7.70. The molecule has 2 N–H and O–H groups in total. The number of benzene rings is 2. The molecule has 184 valence electrons. The molecule has 1 saturated heterocycles. The van der Waals surface area contributed by atoms with Crippen LogP contribution in [0.3, 0.4) is 0 Å². The normalized spacial score (nSPS) is 15.1. The van der Waals surface area contributed by atoms with Crippen LogP contribution in [0.25, 0.3) is 0 Å². The fraction of sp³-hybridized carbons (Fsp3) is 0.160. The van der Waals surface area contributed by atoms with Gasteiger partial charge in [0, 0.05) is 28.7 Å². The van der Waals surface area contributed by atoms with Gasteiger partial charge in [-0.3, -0.25) is 29.7 Å². The molecule has 0 radical (unpaired) electrons. The summed E-state index contributed by atoms with van der Waals surface area (Å²) >= 11 is 11.5. The van der Waals surface area contributed by atoms with E-state index < -0.39 is 23.8 Å². The Hall–Kier alpha value is -4.02. The number of carbonyl (C=O) groups excluding carboxylic acids is 3. The van der Waals surface area contributed by atoms with E-state index in [1.54, 1.807) is 48.5 Å². The first-order chi connectivity index (χ1) is 17.4. The van der Waals surface area contributed by atoms with Crippen molar-refractivity contribution in [2.45, 2.75) is 19.4 Å². The van der Waals surface area contributed by atoms with Crippen molar-refractivity contribution in [3.05, 3.63) is 83.6 Å². The third-order valence-electron chi connectivity index (χ3n) is 5.29. The van der Waals surface area contributed by atoms with Crippen LogP contribution in [-0.2, 0) is 9.59 Å². The lowest BCUT2D eigenvalue weighted by molar-refractivity contribution is -0.124. The van der Waals surface area contributed by atoms with Crippen molar-refractivity contribution < 1.29 is 19.1 Å². The van der Waals surface area contributed by atoms with Crippen molar-refractivity contribution in [1.82, 2.24) is 15.4 Å². The number of amides is 3. The number of nitrogens with zero attached hydrogens (tertiary/aromatic N) is 3. The Kier molecular flexibility index (Phi) is 7.77. The highest BCUT2D eigenvalue weighted by Gasteiger charge is 2.45. The van der Waals surface area contributed by atoms with Gasteiger partial charge >= 0.3 is 0 Å². The number of halogens is 1. The molecule has 1 aliphatic rings. The summed E-state index contributed by atoms with van der Waals surface area (Å²) in [5, 5.41) is 4.53. The minimum atomic E-state index is -1.07. The standard InChI is InChI=1S/C25H22ClN5O4S/c1-2-35-20-9-5-18(6-10-20)28-22(32)15-21-24(34)30(19-7-3-17(26)4-8-19)25(36)31(21)29-23(33)16-11-13-27-14-12-16/h3-14,21H,2,15H2,1H3,(H,28,32)(H,29,33). The zero-order chi connectivity index (χ0) is 25.7. The Morgan fingerprint density at radius 3 is 2.36 bits per heavy atom. The number of aromatic nitrogens is 1. The molecule has 1 aromatic heterocycles. The third-order valence-corrected chi connectivity index (χ3v) is 5.92. The van der Waals surface area contributed by atoms with Crippen LogP contribution in [-0.4, -0.2) is 45.5 Å². The molecular weight excluding hydrogens is 502 g/mol. The largest absolute Gasteiger partial charge is 0.494 e. The smallest absolute Gasteiger partial charge is 0.269 e. The first kappa shape index (κ1) is 25.1. The number of hydrazine groups is 1. The van der Waals surface area contributed by atoms with E-state index in [0.717, 1.165) is 0 Å². The Balaban J connectivity index is 1.56. The summed E-state index contributed by atoms with van der Waals surface area (Å²) in [6, 6.07) is 15.4. The summed E-state index contributed by atoms with van der Waals surface area (Å²) in [7, 11) is 0. The molecular formula is C25H22ClN5O4S. The maximum Gasteiger partial charge on any atom is 0.269 e. The summed E-state index contributed by atoms with van der Waals surface area (Å²) in [5.41, 5.74) is 3.99. The van der Waals surface area contributed by atoms with E-state index in [4.69, 9.17) is 28.6 Å². The number of hydrogen-bond donors (Lipinski definition) is 2. The molecule has 4 rings (SSSR count). The lowest BCUT2D eigenvalue weighted by Gasteiger charge is -2.24. The minimum Gasteiger partial charge on any atom is -0.494 e. The summed E-state index contributed by atoms with van der Waals surface area (Å²) in [6.07, 6.45) is 2.70. The van der Waals surface area contributed by atoms with Gasteiger partial charge in [-0.15, -0.1) is 0 Å². The molecule has 0 spiro atoms. The van der Waals surface area contributed by atoms with Crippen LogP contribution in [0.5, 0.6) is 5.75 Å². The molecule has 1 fully saturated rings. The van der Waals surface area contributed by atoms with Crippen molar-refractivity contribution in [2.75, 3.05) is 16.8 Å². The fourth-order valence-electron chi connectivity index (χ4n) is 3.59. The summed E-state index contributed by atoms with van der Waals surface area (Å²) in [6.45, 7) is 2.41. The monoisotopic (exact) mass is 523 g/mol. The zero-order valence-electron chi connectivity index (χ0n) is 19.2. The highest BCUT2D eigenvalue weighted by molar-refractivity contribution is 7.80. The SMILES string of the molecule is CCOc1ccc(NC(=O)CC2C(=O)N(c3ccc(Cl)cc3)C(=S)N2NC(=O)c2ccncc2)cc1. The number of anilines is 2. The molecule has 1 unspecified atom stereocenters. The second kappa shape index (κ2) is 11.1. The van der Waals surface area contributed by atoms with E-state index in [-0.39, 0.29) is 11.5 Å². The number of pyridine rings is 1. The van der Waals surface area contributed by atoms with Gasteiger partial charge in [-0.05, 0) is 79.8 Å². The molecule has 9 nitrogen and oxygen atoms in total. The number of carbonyl (C=O) groups is 3. The van der Waals surface area contributed by atoms with Gasteiger partial charge in [0.25, 0.3) is 11.8 Å². The molecule has 1 aliphatic heterocycles. The van der Waals surface area contributed by atoms with E-state index in [0.29, 0.717) is 34.3 Å². The van der Waals surface area contributed by atoms with Gasteiger partial charge in [-0.1, -0.05) is 11.6 Å². The van der Waals surface area contributed by atoms with Crippen LogP contribution in [0.15, 0.2) is 73.1 Å². The Morgan fingerprint density at radius 2 is 1.72 bits per heavy atom. The lowest BCUT2D eigenvalue weighted by Crippen LogP contribution is -2.49. The molecule has 3 amide bonds. The van der Waals surface area contributed by atoms with E-state index >= 15 is 0 Å². The van der Waals surface area contributed by atoms with Gasteiger partial charge in [0.05, 0.1) is 18.7 Å². The Labute approximate surface area is 218 Å².